The lowest BCUT2D eigenvalue weighted by Gasteiger charge is -2.03. The van der Waals surface area contributed by atoms with Crippen molar-refractivity contribution < 1.29 is 0 Å². The van der Waals surface area contributed by atoms with Crippen molar-refractivity contribution in [2.75, 3.05) is 13.6 Å². The molecule has 0 atom stereocenters. The van der Waals surface area contributed by atoms with Crippen molar-refractivity contribution in [3.05, 3.63) is 31.7 Å². The van der Waals surface area contributed by atoms with Gasteiger partial charge in [-0.25, -0.2) is 0 Å². The largest absolute Gasteiger partial charge is 0.309 e. The third-order valence-corrected chi connectivity index (χ3v) is 3.15. The Kier molecular flexibility index (Phi) is 5.05. The topological polar surface area (TPSA) is 12.0 Å². The molecule has 0 saturated heterocycles. The number of hydrogen-bond acceptors (Lipinski definition) is 1. The van der Waals surface area contributed by atoms with Crippen LogP contribution in [0.4, 0.5) is 0 Å². The van der Waals surface area contributed by atoms with Crippen LogP contribution in [0, 0.1) is 11.8 Å². The number of rotatable bonds is 1. The molecule has 80 valence electrons. The van der Waals surface area contributed by atoms with Crippen LogP contribution in [0.25, 0.3) is 0 Å². The molecule has 0 amide bonds. The van der Waals surface area contributed by atoms with Crippen molar-refractivity contribution in [1.29, 1.82) is 0 Å². The van der Waals surface area contributed by atoms with E-state index in [0.717, 1.165) is 0 Å². The van der Waals surface area contributed by atoms with E-state index in [-0.39, 0.29) is 10.0 Å². The highest BCUT2D eigenvalue weighted by Crippen LogP contribution is 2.36. The maximum absolute atomic E-state index is 5.96. The molecule has 0 aromatic heterocycles. The van der Waals surface area contributed by atoms with Gasteiger partial charge in [-0.3, -0.25) is 0 Å². The van der Waals surface area contributed by atoms with Crippen LogP contribution in [0.1, 0.15) is 5.56 Å². The summed E-state index contributed by atoms with van der Waals surface area (Å²) in [6, 6.07) is 1.53. The van der Waals surface area contributed by atoms with Crippen molar-refractivity contribution in [1.82, 2.24) is 5.32 Å². The van der Waals surface area contributed by atoms with Crippen LogP contribution in [-0.2, 0) is 0 Å². The molecule has 0 unspecified atom stereocenters. The van der Waals surface area contributed by atoms with E-state index in [1.165, 1.54) is 6.07 Å². The van der Waals surface area contributed by atoms with E-state index in [1.54, 1.807) is 7.05 Å². The SMILES string of the molecule is CNCC#Cc1c(Cl)cc(Cl)c(Cl)c1Cl. The molecular formula is C10H7Cl4N. The van der Waals surface area contributed by atoms with Crippen LogP contribution in [0.3, 0.4) is 0 Å². The van der Waals surface area contributed by atoms with E-state index < -0.39 is 0 Å². The average molecular weight is 283 g/mol. The Morgan fingerprint density at radius 1 is 1.13 bits per heavy atom. The summed E-state index contributed by atoms with van der Waals surface area (Å²) < 4.78 is 0. The molecule has 1 rings (SSSR count). The molecule has 0 fully saturated rings. The Morgan fingerprint density at radius 3 is 2.40 bits per heavy atom. The van der Waals surface area contributed by atoms with E-state index in [4.69, 9.17) is 46.4 Å². The molecule has 0 aliphatic rings. The summed E-state index contributed by atoms with van der Waals surface area (Å²) in [4.78, 5) is 0. The van der Waals surface area contributed by atoms with Crippen LogP contribution in [-0.4, -0.2) is 13.6 Å². The van der Waals surface area contributed by atoms with E-state index in [2.05, 4.69) is 17.2 Å². The molecule has 0 aliphatic carbocycles. The fourth-order valence-electron chi connectivity index (χ4n) is 0.902. The molecule has 15 heavy (non-hydrogen) atoms. The highest BCUT2D eigenvalue weighted by molar-refractivity contribution is 6.49. The first-order valence-electron chi connectivity index (χ1n) is 4.04. The highest BCUT2D eigenvalue weighted by Gasteiger charge is 2.11. The summed E-state index contributed by atoms with van der Waals surface area (Å²) in [5, 5.41) is 4.17. The highest BCUT2D eigenvalue weighted by atomic mass is 35.5. The Morgan fingerprint density at radius 2 is 1.80 bits per heavy atom. The molecule has 0 aliphatic heterocycles. The molecule has 1 aromatic rings. The number of hydrogen-bond donors (Lipinski definition) is 1. The molecule has 0 bridgehead atoms. The minimum absolute atomic E-state index is 0.275. The van der Waals surface area contributed by atoms with Gasteiger partial charge in [0.15, 0.2) is 0 Å². The van der Waals surface area contributed by atoms with Gasteiger partial charge in [0.1, 0.15) is 0 Å². The van der Waals surface area contributed by atoms with Crippen molar-refractivity contribution in [2.24, 2.45) is 0 Å². The third kappa shape index (κ3) is 3.17. The van der Waals surface area contributed by atoms with Gasteiger partial charge in [-0.2, -0.15) is 0 Å². The zero-order chi connectivity index (χ0) is 11.4. The van der Waals surface area contributed by atoms with Gasteiger partial charge < -0.3 is 5.32 Å². The molecule has 0 radical (unpaired) electrons. The van der Waals surface area contributed by atoms with Gasteiger partial charge >= 0.3 is 0 Å². The van der Waals surface area contributed by atoms with E-state index >= 15 is 0 Å². The van der Waals surface area contributed by atoms with Crippen molar-refractivity contribution >= 4 is 46.4 Å². The van der Waals surface area contributed by atoms with Gasteiger partial charge in [-0.1, -0.05) is 58.2 Å². The van der Waals surface area contributed by atoms with Crippen LogP contribution in [0.5, 0.6) is 0 Å². The second-order valence-electron chi connectivity index (χ2n) is 2.68. The molecule has 5 heteroatoms. The first kappa shape index (κ1) is 13.0. The summed E-state index contributed by atoms with van der Waals surface area (Å²) in [6.07, 6.45) is 0. The van der Waals surface area contributed by atoms with Gasteiger partial charge in [0, 0.05) is 0 Å². The first-order valence-corrected chi connectivity index (χ1v) is 5.55. The van der Waals surface area contributed by atoms with Crippen LogP contribution < -0.4 is 5.32 Å². The smallest absolute Gasteiger partial charge is 0.0792 e. The molecule has 0 spiro atoms. The van der Waals surface area contributed by atoms with Gasteiger partial charge in [-0.15, -0.1) is 0 Å². The minimum Gasteiger partial charge on any atom is -0.309 e. The number of halogens is 4. The van der Waals surface area contributed by atoms with Gasteiger partial charge in [-0.05, 0) is 13.1 Å². The molecule has 0 heterocycles. The molecular weight excluding hydrogens is 276 g/mol. The maximum atomic E-state index is 5.96. The zero-order valence-electron chi connectivity index (χ0n) is 7.80. The molecule has 0 saturated carbocycles. The van der Waals surface area contributed by atoms with Crippen LogP contribution >= 0.6 is 46.4 Å². The minimum atomic E-state index is 0.275. The lowest BCUT2D eigenvalue weighted by molar-refractivity contribution is 0.938. The second kappa shape index (κ2) is 5.84. The summed E-state index contributed by atoms with van der Waals surface area (Å²) >= 11 is 23.5. The Hall–Kier alpha value is -0.100. The quantitative estimate of drug-likeness (QED) is 0.468. The molecule has 1 N–H and O–H groups in total. The van der Waals surface area contributed by atoms with Gasteiger partial charge in [0.25, 0.3) is 0 Å². The monoisotopic (exact) mass is 281 g/mol. The number of nitrogens with one attached hydrogen (secondary N) is 1. The van der Waals surface area contributed by atoms with Crippen LogP contribution in [0.15, 0.2) is 6.07 Å². The van der Waals surface area contributed by atoms with Crippen molar-refractivity contribution in [2.45, 2.75) is 0 Å². The van der Waals surface area contributed by atoms with E-state index in [1.807, 2.05) is 0 Å². The van der Waals surface area contributed by atoms with E-state index in [0.29, 0.717) is 22.2 Å². The number of benzene rings is 1. The third-order valence-electron chi connectivity index (χ3n) is 1.59. The fourth-order valence-corrected chi connectivity index (χ4v) is 1.91. The average Bonchev–Trinajstić information content (AvgIpc) is 2.20. The van der Waals surface area contributed by atoms with Crippen LogP contribution in [0.2, 0.25) is 20.1 Å². The summed E-state index contributed by atoms with van der Waals surface area (Å²) in [6.45, 7) is 0.549. The van der Waals surface area contributed by atoms with Crippen molar-refractivity contribution in [3.63, 3.8) is 0 Å². The normalized spacial score (nSPS) is 9.67. The Balaban J connectivity index is 3.20. The summed E-state index contributed by atoms with van der Waals surface area (Å²) in [5.41, 5.74) is 0.503. The Bertz CT molecular complexity index is 431. The predicted octanol–water partition coefficient (Wildman–Crippen LogP) is 3.87. The lowest BCUT2D eigenvalue weighted by Crippen LogP contribution is -2.04. The van der Waals surface area contributed by atoms with Gasteiger partial charge in [0.05, 0.1) is 32.2 Å². The standard InChI is InChI=1S/C10H7Cl4N/c1-15-4-2-3-6-7(11)5-8(12)10(14)9(6)13/h5,15H,4H2,1H3. The van der Waals surface area contributed by atoms with Crippen molar-refractivity contribution in [3.8, 4) is 11.8 Å². The molecule has 1 nitrogen and oxygen atoms in total. The van der Waals surface area contributed by atoms with Gasteiger partial charge in [0.2, 0.25) is 0 Å². The van der Waals surface area contributed by atoms with E-state index in [9.17, 15) is 0 Å². The predicted molar refractivity (Wildman–Crippen MR) is 67.3 cm³/mol. The first-order chi connectivity index (χ1) is 7.07. The fraction of sp³-hybridized carbons (Fsp3) is 0.200. The lowest BCUT2D eigenvalue weighted by atomic mass is 10.2. The molecule has 1 aromatic carbocycles. The summed E-state index contributed by atoms with van der Waals surface area (Å²) in [5.74, 6) is 5.68. The zero-order valence-corrected chi connectivity index (χ0v) is 10.8. The summed E-state index contributed by atoms with van der Waals surface area (Å²) in [7, 11) is 1.80. The second-order valence-corrected chi connectivity index (χ2v) is 4.25. The Labute approximate surface area is 109 Å². The maximum Gasteiger partial charge on any atom is 0.0792 e.